The molecular formula is C14H21NO3. The number of carbonyl (C=O) groups excluding carboxylic acids is 2. The van der Waals surface area contributed by atoms with Crippen molar-refractivity contribution in [1.29, 1.82) is 0 Å². The molecule has 1 heterocycles. The Kier molecular flexibility index (Phi) is 3.57. The lowest BCUT2D eigenvalue weighted by Gasteiger charge is -2.28. The van der Waals surface area contributed by atoms with Gasteiger partial charge >= 0.3 is 0 Å². The van der Waals surface area contributed by atoms with Gasteiger partial charge in [-0.15, -0.1) is 0 Å². The molecule has 4 nitrogen and oxygen atoms in total. The highest BCUT2D eigenvalue weighted by atomic mass is 16.3. The van der Waals surface area contributed by atoms with Crippen molar-refractivity contribution in [2.45, 2.75) is 33.1 Å². The molecule has 1 N–H and O–H groups in total. The number of imide groups is 1. The average molecular weight is 251 g/mol. The van der Waals surface area contributed by atoms with E-state index in [2.05, 4.69) is 0 Å². The van der Waals surface area contributed by atoms with Crippen molar-refractivity contribution in [3.05, 3.63) is 12.2 Å². The second kappa shape index (κ2) is 4.84. The number of hydrogen-bond donors (Lipinski definition) is 1. The summed E-state index contributed by atoms with van der Waals surface area (Å²) in [6, 6.07) is 0. The number of fused-ring (bicyclic) bond motifs is 1. The quantitative estimate of drug-likeness (QED) is 0.606. The molecule has 2 unspecified atom stereocenters. The van der Waals surface area contributed by atoms with Crippen molar-refractivity contribution >= 4 is 11.8 Å². The number of allylic oxidation sites excluding steroid dienone is 2. The Bertz CT molecular complexity index is 361. The predicted molar refractivity (Wildman–Crippen MR) is 67.6 cm³/mol. The maximum absolute atomic E-state index is 12.2. The number of aliphatic hydroxyl groups excluding tert-OH is 1. The molecule has 0 aromatic rings. The normalized spacial score (nSPS) is 27.8. The first-order valence-electron chi connectivity index (χ1n) is 6.57. The van der Waals surface area contributed by atoms with E-state index in [0.717, 1.165) is 0 Å². The fraction of sp³-hybridized carbons (Fsp3) is 0.714. The third-order valence-electron chi connectivity index (χ3n) is 3.97. The standard InChI is InChI=1S/C14H21NO3/c1-14(2,7-8-16)9-15-12(17)10-5-3-4-6-11(10)13(15)18/h3-4,10-11,16H,5-9H2,1-2H3. The molecule has 0 bridgehead atoms. The summed E-state index contributed by atoms with van der Waals surface area (Å²) >= 11 is 0. The van der Waals surface area contributed by atoms with E-state index in [9.17, 15) is 9.59 Å². The second-order valence-corrected chi connectivity index (χ2v) is 6.06. The number of amides is 2. The van der Waals surface area contributed by atoms with E-state index >= 15 is 0 Å². The Morgan fingerprint density at radius 2 is 1.72 bits per heavy atom. The molecule has 2 atom stereocenters. The van der Waals surface area contributed by atoms with Crippen LogP contribution in [-0.2, 0) is 9.59 Å². The van der Waals surface area contributed by atoms with Gasteiger partial charge < -0.3 is 5.11 Å². The van der Waals surface area contributed by atoms with E-state index in [0.29, 0.717) is 25.8 Å². The summed E-state index contributed by atoms with van der Waals surface area (Å²) in [6.45, 7) is 4.45. The molecular weight excluding hydrogens is 230 g/mol. The number of rotatable bonds is 4. The van der Waals surface area contributed by atoms with Gasteiger partial charge in [0.05, 0.1) is 11.8 Å². The fourth-order valence-corrected chi connectivity index (χ4v) is 2.83. The van der Waals surface area contributed by atoms with Crippen molar-refractivity contribution in [2.75, 3.05) is 13.2 Å². The Labute approximate surface area is 108 Å². The fourth-order valence-electron chi connectivity index (χ4n) is 2.83. The van der Waals surface area contributed by atoms with Gasteiger partial charge in [-0.25, -0.2) is 0 Å². The minimum atomic E-state index is -0.221. The van der Waals surface area contributed by atoms with Crippen molar-refractivity contribution in [3.63, 3.8) is 0 Å². The molecule has 0 spiro atoms. The van der Waals surface area contributed by atoms with Crippen LogP contribution in [0.5, 0.6) is 0 Å². The van der Waals surface area contributed by atoms with Gasteiger partial charge in [-0.3, -0.25) is 14.5 Å². The van der Waals surface area contributed by atoms with Gasteiger partial charge in [0.25, 0.3) is 0 Å². The Hall–Kier alpha value is -1.16. The SMILES string of the molecule is CC(C)(CCO)CN1C(=O)C2CC=CCC2C1=O. The minimum Gasteiger partial charge on any atom is -0.396 e. The molecule has 2 aliphatic rings. The van der Waals surface area contributed by atoms with Crippen LogP contribution in [0.1, 0.15) is 33.1 Å². The number of aliphatic hydroxyl groups is 1. The van der Waals surface area contributed by atoms with Crippen molar-refractivity contribution in [1.82, 2.24) is 4.90 Å². The summed E-state index contributed by atoms with van der Waals surface area (Å²) in [5.41, 5.74) is -0.221. The van der Waals surface area contributed by atoms with Gasteiger partial charge in [0.1, 0.15) is 0 Å². The number of hydrogen-bond acceptors (Lipinski definition) is 3. The third-order valence-corrected chi connectivity index (χ3v) is 3.97. The largest absolute Gasteiger partial charge is 0.396 e. The van der Waals surface area contributed by atoms with Crippen LogP contribution in [0.15, 0.2) is 12.2 Å². The lowest BCUT2D eigenvalue weighted by molar-refractivity contribution is -0.141. The van der Waals surface area contributed by atoms with Crippen LogP contribution in [-0.4, -0.2) is 35.0 Å². The van der Waals surface area contributed by atoms with Crippen LogP contribution in [0.3, 0.4) is 0 Å². The molecule has 0 radical (unpaired) electrons. The van der Waals surface area contributed by atoms with Gasteiger partial charge in [0.15, 0.2) is 0 Å². The first kappa shape index (κ1) is 13.3. The van der Waals surface area contributed by atoms with E-state index in [4.69, 9.17) is 5.11 Å². The Balaban J connectivity index is 2.11. The smallest absolute Gasteiger partial charge is 0.233 e. The van der Waals surface area contributed by atoms with Crippen LogP contribution in [0, 0.1) is 17.3 Å². The van der Waals surface area contributed by atoms with E-state index < -0.39 is 0 Å². The lowest BCUT2D eigenvalue weighted by atomic mass is 9.85. The van der Waals surface area contributed by atoms with Gasteiger partial charge in [-0.05, 0) is 24.7 Å². The van der Waals surface area contributed by atoms with Crippen LogP contribution in [0.25, 0.3) is 0 Å². The second-order valence-electron chi connectivity index (χ2n) is 6.06. The average Bonchev–Trinajstić information content (AvgIpc) is 2.55. The lowest BCUT2D eigenvalue weighted by Crippen LogP contribution is -2.39. The summed E-state index contributed by atoms with van der Waals surface area (Å²) in [5.74, 6) is -0.347. The summed E-state index contributed by atoms with van der Waals surface area (Å²) < 4.78 is 0. The van der Waals surface area contributed by atoms with Crippen LogP contribution >= 0.6 is 0 Å². The van der Waals surface area contributed by atoms with Gasteiger partial charge in [-0.1, -0.05) is 26.0 Å². The first-order valence-corrected chi connectivity index (χ1v) is 6.57. The van der Waals surface area contributed by atoms with E-state index in [1.165, 1.54) is 4.90 Å². The maximum atomic E-state index is 12.2. The maximum Gasteiger partial charge on any atom is 0.233 e. The molecule has 0 aromatic heterocycles. The molecule has 1 saturated heterocycles. The van der Waals surface area contributed by atoms with Crippen molar-refractivity contribution < 1.29 is 14.7 Å². The zero-order valence-electron chi connectivity index (χ0n) is 11.1. The molecule has 0 saturated carbocycles. The highest BCUT2D eigenvalue weighted by Gasteiger charge is 2.48. The summed E-state index contributed by atoms with van der Waals surface area (Å²) in [4.78, 5) is 25.9. The van der Waals surface area contributed by atoms with Gasteiger partial charge in [0, 0.05) is 13.2 Å². The molecule has 1 aliphatic carbocycles. The first-order chi connectivity index (χ1) is 8.46. The highest BCUT2D eigenvalue weighted by Crippen LogP contribution is 2.36. The summed E-state index contributed by atoms with van der Waals surface area (Å²) in [5, 5.41) is 9.02. The Morgan fingerprint density at radius 1 is 1.22 bits per heavy atom. The molecule has 2 rings (SSSR count). The summed E-state index contributed by atoms with van der Waals surface area (Å²) in [7, 11) is 0. The molecule has 0 aromatic carbocycles. The molecule has 4 heteroatoms. The van der Waals surface area contributed by atoms with Crippen LogP contribution in [0.4, 0.5) is 0 Å². The van der Waals surface area contributed by atoms with E-state index in [-0.39, 0.29) is 35.7 Å². The van der Waals surface area contributed by atoms with Gasteiger partial charge in [0.2, 0.25) is 11.8 Å². The van der Waals surface area contributed by atoms with E-state index in [1.807, 2.05) is 26.0 Å². The number of nitrogens with zero attached hydrogens (tertiary/aromatic N) is 1. The topological polar surface area (TPSA) is 57.6 Å². The molecule has 18 heavy (non-hydrogen) atoms. The molecule has 1 aliphatic heterocycles. The third kappa shape index (κ3) is 2.34. The monoisotopic (exact) mass is 251 g/mol. The highest BCUT2D eigenvalue weighted by molar-refractivity contribution is 6.05. The number of likely N-dealkylation sites (tertiary alicyclic amines) is 1. The zero-order valence-corrected chi connectivity index (χ0v) is 11.1. The molecule has 1 fully saturated rings. The van der Waals surface area contributed by atoms with Crippen molar-refractivity contribution in [3.8, 4) is 0 Å². The van der Waals surface area contributed by atoms with Crippen molar-refractivity contribution in [2.24, 2.45) is 17.3 Å². The Morgan fingerprint density at radius 3 is 2.17 bits per heavy atom. The van der Waals surface area contributed by atoms with E-state index in [1.54, 1.807) is 0 Å². The minimum absolute atomic E-state index is 0.0274. The zero-order chi connectivity index (χ0) is 13.3. The molecule has 100 valence electrons. The van der Waals surface area contributed by atoms with Gasteiger partial charge in [-0.2, -0.15) is 0 Å². The summed E-state index contributed by atoms with van der Waals surface area (Å²) in [6.07, 6.45) is 5.96. The number of carbonyl (C=O) groups is 2. The predicted octanol–water partition coefficient (Wildman–Crippen LogP) is 1.35. The molecule has 2 amide bonds. The van der Waals surface area contributed by atoms with Crippen LogP contribution in [0.2, 0.25) is 0 Å². The van der Waals surface area contributed by atoms with Crippen LogP contribution < -0.4 is 0 Å².